The highest BCUT2D eigenvalue weighted by molar-refractivity contribution is 7.99. The molecule has 20 heavy (non-hydrogen) atoms. The van der Waals surface area contributed by atoms with Crippen molar-refractivity contribution in [1.29, 1.82) is 0 Å². The average molecular weight is 291 g/mol. The van der Waals surface area contributed by atoms with E-state index in [2.05, 4.69) is 56.0 Å². The second-order valence-electron chi connectivity index (χ2n) is 6.68. The monoisotopic (exact) mass is 291 g/mol. The maximum atomic E-state index is 12.3. The van der Waals surface area contributed by atoms with Gasteiger partial charge in [-0.2, -0.15) is 11.8 Å². The maximum Gasteiger partial charge on any atom is 0.223 e. The Morgan fingerprint density at radius 2 is 1.95 bits per heavy atom. The molecule has 1 saturated heterocycles. The molecule has 1 aromatic carbocycles. The molecule has 110 valence electrons. The first-order valence-electron chi connectivity index (χ1n) is 7.40. The number of thioether (sulfide) groups is 1. The SMILES string of the molecule is CC(C)(C)CC(=O)N1CCSC(c2ccccc2)CC1. The molecule has 0 spiro atoms. The Hall–Kier alpha value is -0.960. The fraction of sp³-hybridized carbons (Fsp3) is 0.588. The molecular formula is C17H25NOS. The van der Waals surface area contributed by atoms with E-state index in [9.17, 15) is 4.79 Å². The van der Waals surface area contributed by atoms with Crippen LogP contribution in [0.4, 0.5) is 0 Å². The average Bonchev–Trinajstić information content (AvgIpc) is 2.63. The molecule has 1 aliphatic heterocycles. The Balaban J connectivity index is 1.94. The first kappa shape index (κ1) is 15.4. The van der Waals surface area contributed by atoms with E-state index in [-0.39, 0.29) is 5.41 Å². The summed E-state index contributed by atoms with van der Waals surface area (Å²) in [6, 6.07) is 10.7. The summed E-state index contributed by atoms with van der Waals surface area (Å²) in [6.45, 7) is 8.17. The van der Waals surface area contributed by atoms with Crippen molar-refractivity contribution in [1.82, 2.24) is 4.90 Å². The van der Waals surface area contributed by atoms with Crippen LogP contribution in [-0.4, -0.2) is 29.6 Å². The van der Waals surface area contributed by atoms with E-state index >= 15 is 0 Å². The molecule has 0 aromatic heterocycles. The largest absolute Gasteiger partial charge is 0.342 e. The van der Waals surface area contributed by atoms with E-state index in [4.69, 9.17) is 0 Å². The summed E-state index contributed by atoms with van der Waals surface area (Å²) in [5, 5.41) is 0.531. The summed E-state index contributed by atoms with van der Waals surface area (Å²) in [5.41, 5.74) is 1.47. The maximum absolute atomic E-state index is 12.3. The molecule has 1 aromatic rings. The molecule has 2 nitrogen and oxygen atoms in total. The van der Waals surface area contributed by atoms with Crippen LogP contribution in [0.25, 0.3) is 0 Å². The molecule has 1 fully saturated rings. The quantitative estimate of drug-likeness (QED) is 0.816. The van der Waals surface area contributed by atoms with Crippen molar-refractivity contribution in [3.8, 4) is 0 Å². The van der Waals surface area contributed by atoms with Gasteiger partial charge in [0.1, 0.15) is 0 Å². The van der Waals surface area contributed by atoms with Crippen LogP contribution in [-0.2, 0) is 4.79 Å². The minimum atomic E-state index is 0.0787. The zero-order chi connectivity index (χ0) is 14.6. The van der Waals surface area contributed by atoms with E-state index in [1.807, 2.05) is 11.8 Å². The topological polar surface area (TPSA) is 20.3 Å². The fourth-order valence-corrected chi connectivity index (χ4v) is 3.75. The van der Waals surface area contributed by atoms with Crippen molar-refractivity contribution in [2.24, 2.45) is 5.41 Å². The number of amides is 1. The number of carbonyl (C=O) groups excluding carboxylic acids is 1. The predicted molar refractivity (Wildman–Crippen MR) is 86.9 cm³/mol. The minimum absolute atomic E-state index is 0.0787. The highest BCUT2D eigenvalue weighted by Crippen LogP contribution is 2.34. The number of nitrogens with zero attached hydrogens (tertiary/aromatic N) is 1. The molecule has 0 N–H and O–H groups in total. The summed E-state index contributed by atoms with van der Waals surface area (Å²) in [7, 11) is 0. The fourth-order valence-electron chi connectivity index (χ4n) is 2.52. The molecular weight excluding hydrogens is 266 g/mol. The summed E-state index contributed by atoms with van der Waals surface area (Å²) in [4.78, 5) is 14.4. The summed E-state index contributed by atoms with van der Waals surface area (Å²) < 4.78 is 0. The van der Waals surface area contributed by atoms with E-state index in [0.29, 0.717) is 17.6 Å². The van der Waals surface area contributed by atoms with Crippen molar-refractivity contribution in [3.05, 3.63) is 35.9 Å². The van der Waals surface area contributed by atoms with Crippen molar-refractivity contribution in [2.75, 3.05) is 18.8 Å². The van der Waals surface area contributed by atoms with Crippen LogP contribution in [0.3, 0.4) is 0 Å². The zero-order valence-corrected chi connectivity index (χ0v) is 13.6. The van der Waals surface area contributed by atoms with Crippen LogP contribution in [0.1, 0.15) is 44.4 Å². The van der Waals surface area contributed by atoms with Crippen molar-refractivity contribution < 1.29 is 4.79 Å². The van der Waals surface area contributed by atoms with E-state index in [1.54, 1.807) is 0 Å². The van der Waals surface area contributed by atoms with E-state index < -0.39 is 0 Å². The third kappa shape index (κ3) is 4.55. The lowest BCUT2D eigenvalue weighted by Crippen LogP contribution is -2.35. The van der Waals surface area contributed by atoms with Crippen molar-refractivity contribution in [3.63, 3.8) is 0 Å². The lowest BCUT2D eigenvalue weighted by Gasteiger charge is -2.25. The van der Waals surface area contributed by atoms with Gasteiger partial charge in [-0.05, 0) is 17.4 Å². The Morgan fingerprint density at radius 3 is 2.60 bits per heavy atom. The van der Waals surface area contributed by atoms with Gasteiger partial charge in [0.15, 0.2) is 0 Å². The van der Waals surface area contributed by atoms with Gasteiger partial charge >= 0.3 is 0 Å². The first-order chi connectivity index (χ1) is 9.46. The van der Waals surface area contributed by atoms with E-state index in [0.717, 1.165) is 25.3 Å². The lowest BCUT2D eigenvalue weighted by molar-refractivity contribution is -0.132. The number of hydrogen-bond acceptors (Lipinski definition) is 2. The smallest absolute Gasteiger partial charge is 0.223 e. The highest BCUT2D eigenvalue weighted by atomic mass is 32.2. The highest BCUT2D eigenvalue weighted by Gasteiger charge is 2.24. The van der Waals surface area contributed by atoms with Gasteiger partial charge in [0, 0.05) is 30.5 Å². The Morgan fingerprint density at radius 1 is 1.25 bits per heavy atom. The molecule has 0 saturated carbocycles. The van der Waals surface area contributed by atoms with Gasteiger partial charge in [-0.25, -0.2) is 0 Å². The molecule has 0 aliphatic carbocycles. The van der Waals surface area contributed by atoms with Crippen LogP contribution >= 0.6 is 11.8 Å². The molecule has 3 heteroatoms. The second-order valence-corrected chi connectivity index (χ2v) is 7.99. The summed E-state index contributed by atoms with van der Waals surface area (Å²) in [5.74, 6) is 1.35. The van der Waals surface area contributed by atoms with Crippen LogP contribution in [0.15, 0.2) is 30.3 Å². The van der Waals surface area contributed by atoms with Gasteiger partial charge in [0.25, 0.3) is 0 Å². The van der Waals surface area contributed by atoms with Gasteiger partial charge in [-0.1, -0.05) is 51.1 Å². The molecule has 1 atom stereocenters. The van der Waals surface area contributed by atoms with Crippen molar-refractivity contribution >= 4 is 17.7 Å². The molecule has 1 aliphatic rings. The van der Waals surface area contributed by atoms with Gasteiger partial charge in [-0.15, -0.1) is 0 Å². The van der Waals surface area contributed by atoms with Gasteiger partial charge in [0.2, 0.25) is 5.91 Å². The van der Waals surface area contributed by atoms with Crippen molar-refractivity contribution in [2.45, 2.75) is 38.9 Å². The number of rotatable bonds is 2. The third-order valence-electron chi connectivity index (χ3n) is 3.55. The van der Waals surface area contributed by atoms with Crippen LogP contribution < -0.4 is 0 Å². The van der Waals surface area contributed by atoms with Crippen LogP contribution in [0.5, 0.6) is 0 Å². The summed E-state index contributed by atoms with van der Waals surface area (Å²) in [6.07, 6.45) is 1.71. The standard InChI is InChI=1S/C17H25NOS/c1-17(2,3)13-16(19)18-10-9-15(20-12-11-18)14-7-5-4-6-8-14/h4-8,15H,9-13H2,1-3H3. The predicted octanol–water partition coefficient (Wildman–Crippen LogP) is 4.13. The van der Waals surface area contributed by atoms with E-state index in [1.165, 1.54) is 5.56 Å². The zero-order valence-electron chi connectivity index (χ0n) is 12.8. The number of hydrogen-bond donors (Lipinski definition) is 0. The normalized spacial score (nSPS) is 20.6. The second kappa shape index (κ2) is 6.66. The molecule has 1 unspecified atom stereocenters. The Bertz CT molecular complexity index is 438. The molecule has 1 amide bonds. The molecule has 2 rings (SSSR count). The number of carbonyl (C=O) groups is 1. The molecule has 0 radical (unpaired) electrons. The first-order valence-corrected chi connectivity index (χ1v) is 8.45. The Kier molecular flexibility index (Phi) is 5.14. The lowest BCUT2D eigenvalue weighted by atomic mass is 9.91. The van der Waals surface area contributed by atoms with Gasteiger partial charge < -0.3 is 4.90 Å². The number of benzene rings is 1. The molecule has 0 bridgehead atoms. The Labute approximate surface area is 126 Å². The minimum Gasteiger partial charge on any atom is -0.342 e. The van der Waals surface area contributed by atoms with Crippen LogP contribution in [0, 0.1) is 5.41 Å². The third-order valence-corrected chi connectivity index (χ3v) is 4.88. The van der Waals surface area contributed by atoms with Gasteiger partial charge in [0.05, 0.1) is 0 Å². The van der Waals surface area contributed by atoms with Gasteiger partial charge in [-0.3, -0.25) is 4.79 Å². The molecule has 1 heterocycles. The summed E-state index contributed by atoms with van der Waals surface area (Å²) >= 11 is 1.98. The van der Waals surface area contributed by atoms with Crippen LogP contribution in [0.2, 0.25) is 0 Å².